The Hall–Kier alpha value is -4.46. The molecule has 1 aromatic heterocycles. The lowest BCUT2D eigenvalue weighted by molar-refractivity contribution is -0.142. The maximum absolute atomic E-state index is 13.0. The van der Waals surface area contributed by atoms with E-state index in [0.717, 1.165) is 17.3 Å². The van der Waals surface area contributed by atoms with E-state index in [4.69, 9.17) is 10.8 Å². The van der Waals surface area contributed by atoms with Gasteiger partial charge in [-0.2, -0.15) is 0 Å². The second kappa shape index (κ2) is 13.4. The number of amides is 4. The van der Waals surface area contributed by atoms with E-state index in [1.165, 1.54) is 0 Å². The molecule has 1 fully saturated rings. The molecule has 4 atom stereocenters. The molecule has 3 rings (SSSR count). The molecule has 210 valence electrons. The van der Waals surface area contributed by atoms with Crippen LogP contribution in [0.5, 0.6) is 0 Å². The Morgan fingerprint density at radius 2 is 1.67 bits per heavy atom. The molecule has 39 heavy (non-hydrogen) atoms. The van der Waals surface area contributed by atoms with Crippen LogP contribution < -0.4 is 27.0 Å². The number of aromatic nitrogens is 1. The number of H-pyrrole nitrogens is 1. The van der Waals surface area contributed by atoms with E-state index >= 15 is 0 Å². The summed E-state index contributed by atoms with van der Waals surface area (Å²) in [7, 11) is 0. The molecule has 2 aromatic rings. The summed E-state index contributed by atoms with van der Waals surface area (Å²) in [5.74, 6) is -5.87. The smallest absolute Gasteiger partial charge is 0.326 e. The molecule has 0 saturated carbocycles. The molecule has 0 bridgehead atoms. The number of hydrogen-bond acceptors (Lipinski definition) is 7. The lowest BCUT2D eigenvalue weighted by atomic mass is 10.0. The van der Waals surface area contributed by atoms with Gasteiger partial charge in [-0.05, 0) is 37.4 Å². The highest BCUT2D eigenvalue weighted by Crippen LogP contribution is 2.19. The number of rotatable bonds is 14. The van der Waals surface area contributed by atoms with Gasteiger partial charge in [0.05, 0.1) is 12.5 Å². The minimum atomic E-state index is -1.56. The lowest BCUT2D eigenvalue weighted by Gasteiger charge is -2.24. The fourth-order valence-electron chi connectivity index (χ4n) is 4.39. The highest BCUT2D eigenvalue weighted by atomic mass is 16.4. The molecule has 14 nitrogen and oxygen atoms in total. The Morgan fingerprint density at radius 1 is 0.974 bits per heavy atom. The average molecular weight is 545 g/mol. The largest absolute Gasteiger partial charge is 0.481 e. The Balaban J connectivity index is 1.72. The number of benzene rings is 1. The number of primary amides is 1. The summed E-state index contributed by atoms with van der Waals surface area (Å²) in [6.45, 7) is 0.619. The van der Waals surface area contributed by atoms with Gasteiger partial charge >= 0.3 is 11.9 Å². The molecule has 0 spiro atoms. The molecule has 0 radical (unpaired) electrons. The number of carboxylic acids is 2. The number of aromatic amines is 1. The first-order chi connectivity index (χ1) is 18.5. The normalized spacial score (nSPS) is 17.1. The maximum Gasteiger partial charge on any atom is 0.326 e. The molecule has 0 aliphatic carbocycles. The second-order valence-corrected chi connectivity index (χ2v) is 9.34. The van der Waals surface area contributed by atoms with Crippen LogP contribution in [0.3, 0.4) is 0 Å². The van der Waals surface area contributed by atoms with Crippen molar-refractivity contribution in [2.75, 3.05) is 6.54 Å². The van der Waals surface area contributed by atoms with Gasteiger partial charge in [0, 0.05) is 29.9 Å². The fraction of sp³-hybridized carbons (Fsp3) is 0.440. The Labute approximate surface area is 223 Å². The van der Waals surface area contributed by atoms with Crippen LogP contribution in [0.15, 0.2) is 30.5 Å². The van der Waals surface area contributed by atoms with Gasteiger partial charge in [0.25, 0.3) is 0 Å². The minimum Gasteiger partial charge on any atom is -0.481 e. The summed E-state index contributed by atoms with van der Waals surface area (Å²) in [6.07, 6.45) is 1.46. The van der Waals surface area contributed by atoms with Crippen molar-refractivity contribution >= 4 is 46.5 Å². The molecule has 1 saturated heterocycles. The van der Waals surface area contributed by atoms with E-state index in [9.17, 15) is 33.9 Å². The zero-order chi connectivity index (χ0) is 28.5. The predicted molar refractivity (Wildman–Crippen MR) is 137 cm³/mol. The van der Waals surface area contributed by atoms with Gasteiger partial charge in [0.1, 0.15) is 18.1 Å². The number of nitrogens with two attached hydrogens (primary N) is 1. The zero-order valence-electron chi connectivity index (χ0n) is 21.1. The number of aliphatic carboxylic acids is 2. The molecule has 4 amide bonds. The van der Waals surface area contributed by atoms with E-state index in [2.05, 4.69) is 26.3 Å². The van der Waals surface area contributed by atoms with Crippen molar-refractivity contribution in [1.82, 2.24) is 26.3 Å². The van der Waals surface area contributed by atoms with E-state index in [0.29, 0.717) is 18.5 Å². The first-order valence-corrected chi connectivity index (χ1v) is 12.5. The van der Waals surface area contributed by atoms with Crippen LogP contribution in [0.2, 0.25) is 0 Å². The van der Waals surface area contributed by atoms with Gasteiger partial charge in [-0.25, -0.2) is 4.79 Å². The first kappa shape index (κ1) is 29.1. The molecular formula is C25H32N6O8. The van der Waals surface area contributed by atoms with Crippen LogP contribution in [0.1, 0.15) is 37.7 Å². The van der Waals surface area contributed by atoms with Gasteiger partial charge in [0.2, 0.25) is 23.6 Å². The minimum absolute atomic E-state index is 0.0893. The van der Waals surface area contributed by atoms with Gasteiger partial charge in [-0.15, -0.1) is 0 Å². The highest BCUT2D eigenvalue weighted by molar-refractivity contribution is 5.96. The summed E-state index contributed by atoms with van der Waals surface area (Å²) in [5.41, 5.74) is 6.67. The van der Waals surface area contributed by atoms with Crippen molar-refractivity contribution in [2.45, 2.75) is 62.7 Å². The number of carbonyl (C=O) groups is 6. The van der Waals surface area contributed by atoms with Crippen LogP contribution in [0.25, 0.3) is 10.9 Å². The van der Waals surface area contributed by atoms with Crippen molar-refractivity contribution in [1.29, 1.82) is 0 Å². The predicted octanol–water partition coefficient (Wildman–Crippen LogP) is -1.26. The number of nitrogens with one attached hydrogen (secondary N) is 5. The maximum atomic E-state index is 13.0. The first-order valence-electron chi connectivity index (χ1n) is 12.5. The van der Waals surface area contributed by atoms with Crippen LogP contribution in [0.4, 0.5) is 0 Å². The van der Waals surface area contributed by atoms with Crippen molar-refractivity contribution in [3.8, 4) is 0 Å². The van der Waals surface area contributed by atoms with E-state index < -0.39 is 72.6 Å². The Bertz CT molecular complexity index is 1240. The standard InChI is InChI=1S/C25H32N6O8/c26-20(32)11-18(30-23(36)17(7-8-21(33)34)29-22(35)16-6-3-9-27-16)24(37)31-19(25(38)39)10-13-12-28-15-5-2-1-4-14(13)15/h1-2,4-5,12,16-19,27-28H,3,6-11H2,(H2,26,32)(H,29,35)(H,30,36)(H,31,37)(H,33,34)(H,38,39). The summed E-state index contributed by atoms with van der Waals surface area (Å²) in [5, 5.41) is 29.7. The molecule has 2 heterocycles. The lowest BCUT2D eigenvalue weighted by Crippen LogP contribution is -2.58. The van der Waals surface area contributed by atoms with E-state index in [1.54, 1.807) is 18.3 Å². The van der Waals surface area contributed by atoms with Crippen LogP contribution in [-0.4, -0.2) is 81.5 Å². The average Bonchev–Trinajstić information content (AvgIpc) is 3.56. The van der Waals surface area contributed by atoms with Gasteiger partial charge in [-0.3, -0.25) is 24.0 Å². The number of carbonyl (C=O) groups excluding carboxylic acids is 4. The van der Waals surface area contributed by atoms with Crippen LogP contribution >= 0.6 is 0 Å². The number of hydrogen-bond donors (Lipinski definition) is 8. The van der Waals surface area contributed by atoms with E-state index in [1.807, 2.05) is 12.1 Å². The number of fused-ring (bicyclic) bond motifs is 1. The molecule has 14 heteroatoms. The van der Waals surface area contributed by atoms with Gasteiger partial charge in [0.15, 0.2) is 0 Å². The van der Waals surface area contributed by atoms with Crippen molar-refractivity contribution < 1.29 is 39.0 Å². The zero-order valence-corrected chi connectivity index (χ0v) is 21.1. The quantitative estimate of drug-likeness (QED) is 0.142. The summed E-state index contributed by atoms with van der Waals surface area (Å²) < 4.78 is 0. The molecule has 1 aliphatic heterocycles. The summed E-state index contributed by atoms with van der Waals surface area (Å²) in [6, 6.07) is 2.38. The molecule has 1 aliphatic rings. The number of carboxylic acid groups (broad SMARTS) is 2. The number of para-hydroxylation sites is 1. The highest BCUT2D eigenvalue weighted by Gasteiger charge is 2.32. The third kappa shape index (κ3) is 8.26. The summed E-state index contributed by atoms with van der Waals surface area (Å²) in [4.78, 5) is 76.4. The van der Waals surface area contributed by atoms with Gasteiger partial charge < -0.3 is 42.2 Å². The third-order valence-corrected chi connectivity index (χ3v) is 6.41. The third-order valence-electron chi connectivity index (χ3n) is 6.41. The van der Waals surface area contributed by atoms with Gasteiger partial charge in [-0.1, -0.05) is 18.2 Å². The van der Waals surface area contributed by atoms with Crippen molar-refractivity contribution in [2.24, 2.45) is 5.73 Å². The molecule has 1 aromatic carbocycles. The van der Waals surface area contributed by atoms with Crippen molar-refractivity contribution in [3.63, 3.8) is 0 Å². The second-order valence-electron chi connectivity index (χ2n) is 9.34. The van der Waals surface area contributed by atoms with Crippen LogP contribution in [-0.2, 0) is 35.2 Å². The molecular weight excluding hydrogens is 512 g/mol. The molecule has 9 N–H and O–H groups in total. The summed E-state index contributed by atoms with van der Waals surface area (Å²) >= 11 is 0. The van der Waals surface area contributed by atoms with Crippen LogP contribution in [0, 0.1) is 0 Å². The SMILES string of the molecule is NC(=O)CC(NC(=O)C(CCC(=O)O)NC(=O)C1CCCN1)C(=O)NC(Cc1c[nH]c2ccccc12)C(=O)O. The topological polar surface area (TPSA) is 233 Å². The monoisotopic (exact) mass is 544 g/mol. The van der Waals surface area contributed by atoms with Crippen molar-refractivity contribution in [3.05, 3.63) is 36.0 Å². The Kier molecular flexibility index (Phi) is 9.98. The van der Waals surface area contributed by atoms with E-state index in [-0.39, 0.29) is 12.8 Å². The molecule has 4 unspecified atom stereocenters. The Morgan fingerprint density at radius 3 is 2.31 bits per heavy atom. The fourth-order valence-corrected chi connectivity index (χ4v) is 4.39.